The number of nitrogens with zero attached hydrogens (tertiary/aromatic N) is 1. The molecule has 2 heterocycles. The van der Waals surface area contributed by atoms with Crippen LogP contribution in [0.2, 0.25) is 0 Å². The van der Waals surface area contributed by atoms with Crippen LogP contribution in [-0.4, -0.2) is 36.0 Å². The van der Waals surface area contributed by atoms with E-state index in [2.05, 4.69) is 0 Å². The summed E-state index contributed by atoms with van der Waals surface area (Å²) in [5.74, 6) is 0. The van der Waals surface area contributed by atoms with Crippen LogP contribution >= 0.6 is 0 Å². The maximum Gasteiger partial charge on any atom is 0.245 e. The van der Waals surface area contributed by atoms with Gasteiger partial charge in [-0.05, 0) is 62.8 Å². The summed E-state index contributed by atoms with van der Waals surface area (Å²) in [6, 6.07) is 3.21. The molecule has 116 valence electrons. The van der Waals surface area contributed by atoms with Gasteiger partial charge in [0, 0.05) is 12.1 Å². The van der Waals surface area contributed by atoms with Gasteiger partial charge in [-0.2, -0.15) is 4.31 Å². The van der Waals surface area contributed by atoms with Crippen molar-refractivity contribution in [1.82, 2.24) is 4.31 Å². The Balaban J connectivity index is 2.04. The third-order valence-electron chi connectivity index (χ3n) is 4.82. The van der Waals surface area contributed by atoms with Gasteiger partial charge in [0.25, 0.3) is 0 Å². The van der Waals surface area contributed by atoms with Gasteiger partial charge in [0.1, 0.15) is 4.90 Å². The van der Waals surface area contributed by atoms with Crippen molar-refractivity contribution in [2.75, 3.05) is 5.73 Å². The summed E-state index contributed by atoms with van der Waals surface area (Å²) in [4.78, 5) is 0.207. The number of sulfonamides is 1. The molecule has 1 aromatic rings. The standard InChI is InChI=1S/C15H22N2O3S/c1-9-5-14(16)15(6-10(9)2)21(19,20)17-11-3-4-12(17)8-13(18)7-11/h5-6,11-13,18H,3-4,7-8,16H2,1-2H3. The summed E-state index contributed by atoms with van der Waals surface area (Å²) < 4.78 is 27.6. The molecule has 2 unspecified atom stereocenters. The average Bonchev–Trinajstić information content (AvgIpc) is 2.67. The first-order chi connectivity index (χ1) is 9.80. The Morgan fingerprint density at radius 3 is 2.24 bits per heavy atom. The van der Waals surface area contributed by atoms with E-state index in [1.54, 1.807) is 16.4 Å². The Labute approximate surface area is 125 Å². The summed E-state index contributed by atoms with van der Waals surface area (Å²) in [6.45, 7) is 3.81. The molecule has 2 saturated heterocycles. The molecule has 0 saturated carbocycles. The molecule has 0 radical (unpaired) electrons. The van der Waals surface area contributed by atoms with E-state index >= 15 is 0 Å². The van der Waals surface area contributed by atoms with Crippen molar-refractivity contribution < 1.29 is 13.5 Å². The SMILES string of the molecule is Cc1cc(N)c(S(=O)(=O)N2C3CCC2CC(O)C3)cc1C. The van der Waals surface area contributed by atoms with E-state index in [1.807, 2.05) is 13.8 Å². The van der Waals surface area contributed by atoms with E-state index in [-0.39, 0.29) is 23.1 Å². The fraction of sp³-hybridized carbons (Fsp3) is 0.600. The Hall–Kier alpha value is -1.11. The molecule has 1 aromatic carbocycles. The number of nitrogen functional groups attached to an aromatic ring is 1. The number of fused-ring (bicyclic) bond motifs is 2. The van der Waals surface area contributed by atoms with Crippen LogP contribution in [0.4, 0.5) is 5.69 Å². The molecule has 2 aliphatic heterocycles. The summed E-state index contributed by atoms with van der Waals surface area (Å²) in [6.07, 6.45) is 2.32. The zero-order valence-electron chi connectivity index (χ0n) is 12.4. The van der Waals surface area contributed by atoms with Crippen LogP contribution in [-0.2, 0) is 10.0 Å². The van der Waals surface area contributed by atoms with Crippen molar-refractivity contribution >= 4 is 15.7 Å². The molecular formula is C15H22N2O3S. The zero-order valence-corrected chi connectivity index (χ0v) is 13.2. The van der Waals surface area contributed by atoms with Gasteiger partial charge in [0.2, 0.25) is 10.0 Å². The molecule has 0 spiro atoms. The monoisotopic (exact) mass is 310 g/mol. The number of hydrogen-bond acceptors (Lipinski definition) is 4. The maximum atomic E-state index is 13.0. The highest BCUT2D eigenvalue weighted by atomic mass is 32.2. The quantitative estimate of drug-likeness (QED) is 0.812. The minimum Gasteiger partial charge on any atom is -0.398 e. The highest BCUT2D eigenvalue weighted by Crippen LogP contribution is 2.41. The largest absolute Gasteiger partial charge is 0.398 e. The number of rotatable bonds is 2. The molecule has 2 fully saturated rings. The Kier molecular flexibility index (Phi) is 3.50. The molecule has 2 aliphatic rings. The van der Waals surface area contributed by atoms with Crippen molar-refractivity contribution in [2.45, 2.75) is 62.6 Å². The van der Waals surface area contributed by atoms with Gasteiger partial charge in [-0.1, -0.05) is 0 Å². The van der Waals surface area contributed by atoms with Gasteiger partial charge in [-0.3, -0.25) is 0 Å². The number of aryl methyl sites for hydroxylation is 2. The van der Waals surface area contributed by atoms with Crippen molar-refractivity contribution in [1.29, 1.82) is 0 Å². The first-order valence-corrected chi connectivity index (χ1v) is 8.83. The van der Waals surface area contributed by atoms with E-state index in [0.29, 0.717) is 18.5 Å². The fourth-order valence-electron chi connectivity index (χ4n) is 3.65. The third kappa shape index (κ3) is 2.35. The number of benzene rings is 1. The van der Waals surface area contributed by atoms with Crippen LogP contribution in [0.3, 0.4) is 0 Å². The minimum absolute atomic E-state index is 0.0928. The Morgan fingerprint density at radius 1 is 1.14 bits per heavy atom. The number of nitrogens with two attached hydrogens (primary N) is 1. The lowest BCUT2D eigenvalue weighted by atomic mass is 10.0. The molecule has 21 heavy (non-hydrogen) atoms. The Bertz CT molecular complexity index is 658. The highest BCUT2D eigenvalue weighted by molar-refractivity contribution is 7.89. The molecule has 5 nitrogen and oxygen atoms in total. The summed E-state index contributed by atoms with van der Waals surface area (Å²) in [5, 5.41) is 9.83. The van der Waals surface area contributed by atoms with Crippen molar-refractivity contribution in [3.63, 3.8) is 0 Å². The molecule has 6 heteroatoms. The van der Waals surface area contributed by atoms with Crippen LogP contribution in [0.1, 0.15) is 36.8 Å². The summed E-state index contributed by atoms with van der Waals surface area (Å²) in [7, 11) is -3.59. The second-order valence-electron chi connectivity index (χ2n) is 6.32. The lowest BCUT2D eigenvalue weighted by Crippen LogP contribution is -2.48. The molecule has 3 rings (SSSR count). The zero-order chi connectivity index (χ0) is 15.4. The van der Waals surface area contributed by atoms with Gasteiger partial charge in [-0.25, -0.2) is 8.42 Å². The maximum absolute atomic E-state index is 13.0. The third-order valence-corrected chi connectivity index (χ3v) is 6.88. The van der Waals surface area contributed by atoms with Gasteiger partial charge >= 0.3 is 0 Å². The number of aliphatic hydroxyl groups is 1. The van der Waals surface area contributed by atoms with Gasteiger partial charge in [-0.15, -0.1) is 0 Å². The number of piperidine rings is 1. The van der Waals surface area contributed by atoms with E-state index in [0.717, 1.165) is 24.0 Å². The second-order valence-corrected chi connectivity index (χ2v) is 8.13. The van der Waals surface area contributed by atoms with Crippen LogP contribution in [0.15, 0.2) is 17.0 Å². The fourth-order valence-corrected chi connectivity index (χ4v) is 5.72. The molecule has 2 bridgehead atoms. The summed E-state index contributed by atoms with van der Waals surface area (Å²) in [5.41, 5.74) is 8.19. The lowest BCUT2D eigenvalue weighted by molar-refractivity contribution is 0.0769. The van der Waals surface area contributed by atoms with Crippen molar-refractivity contribution in [3.05, 3.63) is 23.3 Å². The van der Waals surface area contributed by atoms with Gasteiger partial charge < -0.3 is 10.8 Å². The van der Waals surface area contributed by atoms with Crippen LogP contribution in [0, 0.1) is 13.8 Å². The normalized spacial score (nSPS) is 29.8. The van der Waals surface area contributed by atoms with E-state index < -0.39 is 10.0 Å². The molecule has 2 atom stereocenters. The molecule has 0 aromatic heterocycles. The topological polar surface area (TPSA) is 83.6 Å². The van der Waals surface area contributed by atoms with Crippen molar-refractivity contribution in [3.8, 4) is 0 Å². The first-order valence-electron chi connectivity index (χ1n) is 7.39. The number of anilines is 1. The smallest absolute Gasteiger partial charge is 0.245 e. The number of aliphatic hydroxyl groups excluding tert-OH is 1. The molecule has 0 aliphatic carbocycles. The summed E-state index contributed by atoms with van der Waals surface area (Å²) >= 11 is 0. The Morgan fingerprint density at radius 2 is 1.67 bits per heavy atom. The minimum atomic E-state index is -3.59. The van der Waals surface area contributed by atoms with Crippen LogP contribution in [0.25, 0.3) is 0 Å². The van der Waals surface area contributed by atoms with Gasteiger partial charge in [0.05, 0.1) is 11.8 Å². The molecule has 0 amide bonds. The highest BCUT2D eigenvalue weighted by Gasteiger charge is 2.47. The molecule has 3 N–H and O–H groups in total. The van der Waals surface area contributed by atoms with E-state index in [1.165, 1.54) is 0 Å². The average molecular weight is 310 g/mol. The predicted octanol–water partition coefficient (Wildman–Crippen LogP) is 1.56. The molecular weight excluding hydrogens is 288 g/mol. The van der Waals surface area contributed by atoms with E-state index in [9.17, 15) is 13.5 Å². The first kappa shape index (κ1) is 14.8. The second kappa shape index (κ2) is 4.97. The van der Waals surface area contributed by atoms with Crippen LogP contribution in [0.5, 0.6) is 0 Å². The van der Waals surface area contributed by atoms with Gasteiger partial charge in [0.15, 0.2) is 0 Å². The van der Waals surface area contributed by atoms with Crippen molar-refractivity contribution in [2.24, 2.45) is 0 Å². The predicted molar refractivity (Wildman–Crippen MR) is 81.4 cm³/mol. The van der Waals surface area contributed by atoms with E-state index in [4.69, 9.17) is 5.73 Å². The number of hydrogen-bond donors (Lipinski definition) is 2. The lowest BCUT2D eigenvalue weighted by Gasteiger charge is -2.36. The van der Waals surface area contributed by atoms with Crippen LogP contribution < -0.4 is 5.73 Å².